The van der Waals surface area contributed by atoms with E-state index in [2.05, 4.69) is 16.0 Å². The largest absolute Gasteiger partial charge is 0.352 e. The average Bonchev–Trinajstić information content (AvgIpc) is 2.52. The Bertz CT molecular complexity index is 703. The van der Waals surface area contributed by atoms with Gasteiger partial charge in [-0.15, -0.1) is 0 Å². The standard InChI is InChI=1S/C16H23N3O4S/c1-2-17-15(20)13-6-3-5-12(9-13)10-18-16(21)19-14-7-4-8-24(22,23)11-14/h3,5-6,9,14H,2,4,7-8,10-11H2,1H3,(H,17,20)(H2,18,19,21). The third-order valence-corrected chi connectivity index (χ3v) is 5.60. The van der Waals surface area contributed by atoms with E-state index in [-0.39, 0.29) is 30.0 Å². The number of carbonyl (C=O) groups is 2. The molecule has 1 fully saturated rings. The lowest BCUT2D eigenvalue weighted by atomic mass is 10.1. The molecule has 1 saturated heterocycles. The highest BCUT2D eigenvalue weighted by Gasteiger charge is 2.25. The van der Waals surface area contributed by atoms with Crippen LogP contribution in [0.15, 0.2) is 24.3 Å². The van der Waals surface area contributed by atoms with E-state index >= 15 is 0 Å². The Hall–Kier alpha value is -2.09. The van der Waals surface area contributed by atoms with Crippen molar-refractivity contribution in [3.05, 3.63) is 35.4 Å². The van der Waals surface area contributed by atoms with E-state index in [1.54, 1.807) is 18.2 Å². The van der Waals surface area contributed by atoms with Crippen molar-refractivity contribution in [3.8, 4) is 0 Å². The number of rotatable bonds is 5. The van der Waals surface area contributed by atoms with Gasteiger partial charge in [-0.2, -0.15) is 0 Å². The van der Waals surface area contributed by atoms with Crippen LogP contribution in [0.5, 0.6) is 0 Å². The van der Waals surface area contributed by atoms with E-state index in [4.69, 9.17) is 0 Å². The summed E-state index contributed by atoms with van der Waals surface area (Å²) in [6.45, 7) is 2.66. The lowest BCUT2D eigenvalue weighted by Crippen LogP contribution is -2.47. The number of urea groups is 1. The smallest absolute Gasteiger partial charge is 0.315 e. The average molecular weight is 353 g/mol. The van der Waals surface area contributed by atoms with Gasteiger partial charge in [0.25, 0.3) is 5.91 Å². The molecule has 0 radical (unpaired) electrons. The molecule has 1 unspecified atom stereocenters. The Kier molecular flexibility index (Phi) is 6.19. The third kappa shape index (κ3) is 5.52. The molecule has 0 aromatic heterocycles. The third-order valence-electron chi connectivity index (χ3n) is 3.78. The van der Waals surface area contributed by atoms with Gasteiger partial charge < -0.3 is 16.0 Å². The number of carbonyl (C=O) groups excluding carboxylic acids is 2. The highest BCUT2D eigenvalue weighted by molar-refractivity contribution is 7.91. The summed E-state index contributed by atoms with van der Waals surface area (Å²) in [4.78, 5) is 23.7. The minimum absolute atomic E-state index is 0.00685. The summed E-state index contributed by atoms with van der Waals surface area (Å²) in [5.41, 5.74) is 1.33. The van der Waals surface area contributed by atoms with Crippen molar-refractivity contribution >= 4 is 21.8 Å². The van der Waals surface area contributed by atoms with Gasteiger partial charge in [0, 0.05) is 24.7 Å². The number of hydrogen-bond acceptors (Lipinski definition) is 4. The molecule has 1 aromatic rings. The normalized spacial score (nSPS) is 19.3. The first-order chi connectivity index (χ1) is 11.4. The predicted molar refractivity (Wildman–Crippen MR) is 91.5 cm³/mol. The maximum atomic E-state index is 11.9. The number of hydrogen-bond donors (Lipinski definition) is 3. The molecule has 2 rings (SSSR count). The zero-order valence-corrected chi connectivity index (χ0v) is 14.5. The molecule has 1 aliphatic rings. The van der Waals surface area contributed by atoms with Gasteiger partial charge in [-0.05, 0) is 37.5 Å². The van der Waals surface area contributed by atoms with Gasteiger partial charge in [0.1, 0.15) is 0 Å². The molecule has 0 spiro atoms. The zero-order chi connectivity index (χ0) is 17.6. The highest BCUT2D eigenvalue weighted by atomic mass is 32.2. The number of amides is 3. The summed E-state index contributed by atoms with van der Waals surface area (Å²) >= 11 is 0. The first-order valence-corrected chi connectivity index (χ1v) is 9.83. The fourth-order valence-corrected chi connectivity index (χ4v) is 4.28. The van der Waals surface area contributed by atoms with Crippen LogP contribution in [-0.4, -0.2) is 44.4 Å². The molecule has 1 atom stereocenters. The second-order valence-corrected chi connectivity index (χ2v) is 8.07. The number of benzene rings is 1. The molecular weight excluding hydrogens is 330 g/mol. The summed E-state index contributed by atoms with van der Waals surface area (Å²) < 4.78 is 23.1. The van der Waals surface area contributed by atoms with E-state index in [0.29, 0.717) is 24.9 Å². The lowest BCUT2D eigenvalue weighted by molar-refractivity contribution is 0.0955. The van der Waals surface area contributed by atoms with Gasteiger partial charge in [-0.3, -0.25) is 4.79 Å². The molecule has 7 nitrogen and oxygen atoms in total. The van der Waals surface area contributed by atoms with E-state index in [0.717, 1.165) is 5.56 Å². The monoisotopic (exact) mass is 353 g/mol. The van der Waals surface area contributed by atoms with Gasteiger partial charge in [-0.1, -0.05) is 12.1 Å². The van der Waals surface area contributed by atoms with Crippen molar-refractivity contribution in [2.45, 2.75) is 32.4 Å². The second kappa shape index (κ2) is 8.14. The van der Waals surface area contributed by atoms with Crippen LogP contribution in [0.1, 0.15) is 35.7 Å². The molecule has 0 saturated carbocycles. The maximum absolute atomic E-state index is 11.9. The molecule has 3 N–H and O–H groups in total. The zero-order valence-electron chi connectivity index (χ0n) is 13.7. The maximum Gasteiger partial charge on any atom is 0.315 e. The second-order valence-electron chi connectivity index (χ2n) is 5.84. The summed E-state index contributed by atoms with van der Waals surface area (Å²) in [6.07, 6.45) is 1.24. The van der Waals surface area contributed by atoms with Crippen molar-refractivity contribution in [2.75, 3.05) is 18.1 Å². The Morgan fingerprint density at radius 2 is 2.04 bits per heavy atom. The lowest BCUT2D eigenvalue weighted by Gasteiger charge is -2.23. The first kappa shape index (κ1) is 18.3. The summed E-state index contributed by atoms with van der Waals surface area (Å²) in [5, 5.41) is 8.11. The van der Waals surface area contributed by atoms with Gasteiger partial charge in [0.15, 0.2) is 9.84 Å². The summed E-state index contributed by atoms with van der Waals surface area (Å²) in [7, 11) is -3.05. The van der Waals surface area contributed by atoms with E-state index in [1.165, 1.54) is 0 Å². The molecule has 132 valence electrons. The summed E-state index contributed by atoms with van der Waals surface area (Å²) in [6, 6.07) is 6.25. The van der Waals surface area contributed by atoms with Crippen molar-refractivity contribution in [1.82, 2.24) is 16.0 Å². The molecule has 24 heavy (non-hydrogen) atoms. The van der Waals surface area contributed by atoms with Crippen molar-refractivity contribution < 1.29 is 18.0 Å². The quantitative estimate of drug-likeness (QED) is 0.729. The van der Waals surface area contributed by atoms with Crippen molar-refractivity contribution in [1.29, 1.82) is 0 Å². The Balaban J connectivity index is 1.85. The van der Waals surface area contributed by atoms with Gasteiger partial charge in [0.2, 0.25) is 0 Å². The Morgan fingerprint density at radius 3 is 2.75 bits per heavy atom. The molecule has 3 amide bonds. The van der Waals surface area contributed by atoms with Crippen molar-refractivity contribution in [2.24, 2.45) is 0 Å². The van der Waals surface area contributed by atoms with Crippen molar-refractivity contribution in [3.63, 3.8) is 0 Å². The topological polar surface area (TPSA) is 104 Å². The van der Waals surface area contributed by atoms with Crippen LogP contribution in [-0.2, 0) is 16.4 Å². The van der Waals surface area contributed by atoms with Crippen LogP contribution in [0.25, 0.3) is 0 Å². The van der Waals surface area contributed by atoms with Gasteiger partial charge >= 0.3 is 6.03 Å². The predicted octanol–water partition coefficient (Wildman–Crippen LogP) is 0.813. The first-order valence-electron chi connectivity index (χ1n) is 8.01. The highest BCUT2D eigenvalue weighted by Crippen LogP contribution is 2.12. The van der Waals surface area contributed by atoms with E-state index < -0.39 is 15.9 Å². The van der Waals surface area contributed by atoms with Gasteiger partial charge in [-0.25, -0.2) is 13.2 Å². The Labute approximate surface area is 142 Å². The molecular formula is C16H23N3O4S. The Morgan fingerprint density at radius 1 is 1.25 bits per heavy atom. The molecule has 1 aromatic carbocycles. The molecule has 8 heteroatoms. The minimum atomic E-state index is -3.05. The minimum Gasteiger partial charge on any atom is -0.352 e. The molecule has 0 bridgehead atoms. The van der Waals surface area contributed by atoms with Crippen LogP contribution in [0.3, 0.4) is 0 Å². The molecule has 1 heterocycles. The molecule has 1 aliphatic heterocycles. The van der Waals surface area contributed by atoms with Crippen LogP contribution in [0.4, 0.5) is 4.79 Å². The number of sulfone groups is 1. The fraction of sp³-hybridized carbons (Fsp3) is 0.500. The van der Waals surface area contributed by atoms with Crippen LogP contribution >= 0.6 is 0 Å². The summed E-state index contributed by atoms with van der Waals surface area (Å²) in [5.74, 6) is 0.0307. The molecule has 0 aliphatic carbocycles. The van der Waals surface area contributed by atoms with Gasteiger partial charge in [0.05, 0.1) is 11.5 Å². The van der Waals surface area contributed by atoms with Crippen LogP contribution in [0, 0.1) is 0 Å². The van der Waals surface area contributed by atoms with Crippen LogP contribution in [0.2, 0.25) is 0 Å². The number of nitrogens with one attached hydrogen (secondary N) is 3. The van der Waals surface area contributed by atoms with E-state index in [1.807, 2.05) is 13.0 Å². The van der Waals surface area contributed by atoms with Crippen LogP contribution < -0.4 is 16.0 Å². The van der Waals surface area contributed by atoms with E-state index in [9.17, 15) is 18.0 Å². The SMILES string of the molecule is CCNC(=O)c1cccc(CNC(=O)NC2CCCS(=O)(=O)C2)c1. The fourth-order valence-electron chi connectivity index (χ4n) is 2.64.